The number of amides is 2. The number of likely N-dealkylation sites (tertiary alicyclic amines) is 1. The maximum Gasteiger partial charge on any atom is 0.257 e. The SMILES string of the molecule is Cc1cccc(F)c1C(=O)N1CC2CC(C(=O)NCC3CC3)C(C1)O2. The molecule has 3 fully saturated rings. The van der Waals surface area contributed by atoms with Gasteiger partial charge in [-0.3, -0.25) is 9.59 Å². The van der Waals surface area contributed by atoms with Crippen LogP contribution in [0.4, 0.5) is 4.39 Å². The molecule has 5 nitrogen and oxygen atoms in total. The van der Waals surface area contributed by atoms with E-state index in [2.05, 4.69) is 5.32 Å². The summed E-state index contributed by atoms with van der Waals surface area (Å²) in [5.74, 6) is -0.373. The highest BCUT2D eigenvalue weighted by atomic mass is 19.1. The highest BCUT2D eigenvalue weighted by Gasteiger charge is 2.46. The van der Waals surface area contributed by atoms with Gasteiger partial charge in [0.15, 0.2) is 0 Å². The fourth-order valence-corrected chi connectivity index (χ4v) is 3.86. The van der Waals surface area contributed by atoms with Gasteiger partial charge in [0.2, 0.25) is 5.91 Å². The first kappa shape index (κ1) is 16.5. The first-order valence-electron chi connectivity index (χ1n) is 9.00. The molecule has 3 unspecified atom stereocenters. The second-order valence-corrected chi connectivity index (χ2v) is 7.47. The molecule has 134 valence electrons. The van der Waals surface area contributed by atoms with Gasteiger partial charge < -0.3 is 15.0 Å². The molecular weight excluding hydrogens is 323 g/mol. The number of aryl methyl sites for hydroxylation is 1. The minimum absolute atomic E-state index is 0.0239. The Morgan fingerprint density at radius 3 is 2.84 bits per heavy atom. The minimum Gasteiger partial charge on any atom is -0.370 e. The summed E-state index contributed by atoms with van der Waals surface area (Å²) < 4.78 is 20.0. The van der Waals surface area contributed by atoms with Gasteiger partial charge in [-0.1, -0.05) is 12.1 Å². The lowest BCUT2D eigenvalue weighted by atomic mass is 9.99. The zero-order valence-corrected chi connectivity index (χ0v) is 14.3. The standard InChI is InChI=1S/C19H23FN2O3/c1-11-3-2-4-15(20)17(11)19(24)22-9-13-7-14(16(10-22)25-13)18(23)21-8-12-5-6-12/h2-4,12-14,16H,5-10H2,1H3,(H,21,23). The van der Waals surface area contributed by atoms with Crippen molar-refractivity contribution in [2.75, 3.05) is 19.6 Å². The van der Waals surface area contributed by atoms with Crippen molar-refractivity contribution >= 4 is 11.8 Å². The lowest BCUT2D eigenvalue weighted by Gasteiger charge is -2.33. The summed E-state index contributed by atoms with van der Waals surface area (Å²) in [5, 5.41) is 3.01. The van der Waals surface area contributed by atoms with Crippen LogP contribution in [-0.2, 0) is 9.53 Å². The topological polar surface area (TPSA) is 58.6 Å². The number of carbonyl (C=O) groups excluding carboxylic acids is 2. The van der Waals surface area contributed by atoms with E-state index in [4.69, 9.17) is 4.74 Å². The molecule has 2 heterocycles. The number of halogens is 1. The Kier molecular flexibility index (Phi) is 4.23. The van der Waals surface area contributed by atoms with Crippen molar-refractivity contribution in [3.63, 3.8) is 0 Å². The Labute approximate surface area is 146 Å². The van der Waals surface area contributed by atoms with Crippen molar-refractivity contribution in [3.8, 4) is 0 Å². The number of fused-ring (bicyclic) bond motifs is 2. The number of morpholine rings is 1. The summed E-state index contributed by atoms with van der Waals surface area (Å²) in [6.45, 7) is 3.23. The molecule has 6 heteroatoms. The van der Waals surface area contributed by atoms with Gasteiger partial charge >= 0.3 is 0 Å². The molecule has 2 bridgehead atoms. The van der Waals surface area contributed by atoms with E-state index in [-0.39, 0.29) is 35.5 Å². The van der Waals surface area contributed by atoms with Gasteiger partial charge in [0.25, 0.3) is 5.91 Å². The normalized spacial score (nSPS) is 28.1. The molecule has 25 heavy (non-hydrogen) atoms. The number of ether oxygens (including phenoxy) is 1. The maximum absolute atomic E-state index is 14.1. The van der Waals surface area contributed by atoms with E-state index in [0.29, 0.717) is 31.0 Å². The Morgan fingerprint density at radius 1 is 1.32 bits per heavy atom. The Hall–Kier alpha value is -1.95. The van der Waals surface area contributed by atoms with E-state index in [1.54, 1.807) is 24.0 Å². The molecule has 3 aliphatic rings. The van der Waals surface area contributed by atoms with Crippen molar-refractivity contribution in [2.45, 2.75) is 38.4 Å². The fourth-order valence-electron chi connectivity index (χ4n) is 3.86. The van der Waals surface area contributed by atoms with Crippen molar-refractivity contribution < 1.29 is 18.7 Å². The molecule has 0 spiro atoms. The molecule has 1 saturated carbocycles. The third kappa shape index (κ3) is 3.27. The van der Waals surface area contributed by atoms with Crippen LogP contribution in [0, 0.1) is 24.6 Å². The van der Waals surface area contributed by atoms with E-state index in [0.717, 1.165) is 6.54 Å². The van der Waals surface area contributed by atoms with E-state index in [1.807, 2.05) is 0 Å². The quantitative estimate of drug-likeness (QED) is 0.906. The third-order valence-corrected chi connectivity index (χ3v) is 5.48. The second-order valence-electron chi connectivity index (χ2n) is 7.47. The van der Waals surface area contributed by atoms with Crippen LogP contribution in [0.5, 0.6) is 0 Å². The van der Waals surface area contributed by atoms with Crippen molar-refractivity contribution in [1.29, 1.82) is 0 Å². The van der Waals surface area contributed by atoms with Crippen molar-refractivity contribution in [1.82, 2.24) is 10.2 Å². The zero-order chi connectivity index (χ0) is 17.6. The van der Waals surface area contributed by atoms with Gasteiger partial charge in [-0.2, -0.15) is 0 Å². The molecule has 1 aromatic carbocycles. The average Bonchev–Trinajstić information content (AvgIpc) is 3.36. The number of nitrogens with zero attached hydrogens (tertiary/aromatic N) is 1. The van der Waals surface area contributed by atoms with Gasteiger partial charge in [0.1, 0.15) is 5.82 Å². The molecular formula is C19H23FN2O3. The molecule has 1 N–H and O–H groups in total. The molecule has 2 aliphatic heterocycles. The van der Waals surface area contributed by atoms with Gasteiger partial charge in [0, 0.05) is 19.6 Å². The summed E-state index contributed by atoms with van der Waals surface area (Å²) in [6, 6.07) is 4.65. The van der Waals surface area contributed by atoms with Gasteiger partial charge in [-0.25, -0.2) is 4.39 Å². The fraction of sp³-hybridized carbons (Fsp3) is 0.579. The highest BCUT2D eigenvalue weighted by molar-refractivity contribution is 5.96. The number of hydrogen-bond donors (Lipinski definition) is 1. The lowest BCUT2D eigenvalue weighted by molar-refractivity contribution is -0.127. The van der Waals surface area contributed by atoms with Crippen molar-refractivity contribution in [2.24, 2.45) is 11.8 Å². The van der Waals surface area contributed by atoms with Crippen molar-refractivity contribution in [3.05, 3.63) is 35.1 Å². The number of benzene rings is 1. The molecule has 4 rings (SSSR count). The number of rotatable bonds is 4. The molecule has 0 radical (unpaired) electrons. The summed E-state index contributed by atoms with van der Waals surface area (Å²) in [7, 11) is 0. The lowest BCUT2D eigenvalue weighted by Crippen LogP contribution is -2.48. The van der Waals surface area contributed by atoms with E-state index < -0.39 is 5.82 Å². The van der Waals surface area contributed by atoms with E-state index in [1.165, 1.54) is 18.9 Å². The predicted molar refractivity (Wildman–Crippen MR) is 89.5 cm³/mol. The van der Waals surface area contributed by atoms with Gasteiger partial charge in [0.05, 0.1) is 23.7 Å². The maximum atomic E-state index is 14.1. The third-order valence-electron chi connectivity index (χ3n) is 5.48. The largest absolute Gasteiger partial charge is 0.370 e. The first-order chi connectivity index (χ1) is 12.0. The summed E-state index contributed by atoms with van der Waals surface area (Å²) in [5.41, 5.74) is 0.751. The number of hydrogen-bond acceptors (Lipinski definition) is 3. The second kappa shape index (κ2) is 6.41. The van der Waals surface area contributed by atoms with Crippen LogP contribution in [0.3, 0.4) is 0 Å². The summed E-state index contributed by atoms with van der Waals surface area (Å²) in [6.07, 6.45) is 2.57. The smallest absolute Gasteiger partial charge is 0.257 e. The van der Waals surface area contributed by atoms with Crippen LogP contribution in [0.1, 0.15) is 35.2 Å². The molecule has 3 atom stereocenters. The van der Waals surface area contributed by atoms with Crippen LogP contribution in [0.2, 0.25) is 0 Å². The first-order valence-corrected chi connectivity index (χ1v) is 9.00. The van der Waals surface area contributed by atoms with E-state index >= 15 is 0 Å². The van der Waals surface area contributed by atoms with Crippen LogP contribution in [0.15, 0.2) is 18.2 Å². The highest BCUT2D eigenvalue weighted by Crippen LogP contribution is 2.34. The number of nitrogens with one attached hydrogen (secondary N) is 1. The summed E-state index contributed by atoms with van der Waals surface area (Å²) >= 11 is 0. The van der Waals surface area contributed by atoms with E-state index in [9.17, 15) is 14.0 Å². The Morgan fingerprint density at radius 2 is 2.12 bits per heavy atom. The molecule has 0 aromatic heterocycles. The zero-order valence-electron chi connectivity index (χ0n) is 14.3. The molecule has 1 aromatic rings. The van der Waals surface area contributed by atoms with Crippen LogP contribution in [-0.4, -0.2) is 48.6 Å². The monoisotopic (exact) mass is 346 g/mol. The Bertz CT molecular complexity index is 684. The van der Waals surface area contributed by atoms with Gasteiger partial charge in [-0.05, 0) is 43.7 Å². The van der Waals surface area contributed by atoms with Crippen LogP contribution in [0.25, 0.3) is 0 Å². The number of carbonyl (C=O) groups is 2. The molecule has 1 aliphatic carbocycles. The predicted octanol–water partition coefficient (Wildman–Crippen LogP) is 1.89. The molecule has 2 saturated heterocycles. The van der Waals surface area contributed by atoms with Crippen LogP contribution < -0.4 is 5.32 Å². The molecule has 2 amide bonds. The minimum atomic E-state index is -0.498. The van der Waals surface area contributed by atoms with Crippen LogP contribution >= 0.6 is 0 Å². The van der Waals surface area contributed by atoms with Gasteiger partial charge in [-0.15, -0.1) is 0 Å². The Balaban J connectivity index is 1.44. The average molecular weight is 346 g/mol. The summed E-state index contributed by atoms with van der Waals surface area (Å²) in [4.78, 5) is 26.8.